The summed E-state index contributed by atoms with van der Waals surface area (Å²) in [6, 6.07) is 0. The third-order valence-corrected chi connectivity index (χ3v) is 2.82. The highest BCUT2D eigenvalue weighted by Crippen LogP contribution is 2.19. The maximum atomic E-state index is 8.76. The van der Waals surface area contributed by atoms with E-state index in [1.165, 1.54) is 11.3 Å². The van der Waals surface area contributed by atoms with E-state index in [9.17, 15) is 0 Å². The summed E-state index contributed by atoms with van der Waals surface area (Å²) in [5, 5.41) is 17.4. The Kier molecular flexibility index (Phi) is 3.28. The smallest absolute Gasteiger partial charge is 0.294 e. The molecule has 6 heteroatoms. The van der Waals surface area contributed by atoms with Crippen LogP contribution in [0.15, 0.2) is 0 Å². The van der Waals surface area contributed by atoms with Gasteiger partial charge in [-0.1, -0.05) is 16.4 Å². The van der Waals surface area contributed by atoms with Gasteiger partial charge in [0.1, 0.15) is 11.6 Å². The Balaban J connectivity index is 1.79. The molecule has 0 bridgehead atoms. The second-order valence-electron chi connectivity index (χ2n) is 3.07. The molecule has 1 unspecified atom stereocenters. The second-order valence-corrected chi connectivity index (χ2v) is 4.09. The molecular weight excluding hydrogens is 204 g/mol. The van der Waals surface area contributed by atoms with Crippen LogP contribution in [0.5, 0.6) is 5.19 Å². The molecular formula is C8H12N2O3S. The van der Waals surface area contributed by atoms with Crippen LogP contribution in [0.3, 0.4) is 0 Å². The average Bonchev–Trinajstić information content (AvgIpc) is 2.86. The minimum absolute atomic E-state index is 0.0824. The van der Waals surface area contributed by atoms with E-state index in [1.54, 1.807) is 0 Å². The predicted octanol–water partition coefficient (Wildman–Crippen LogP) is 0.588. The Morgan fingerprint density at radius 2 is 2.50 bits per heavy atom. The maximum absolute atomic E-state index is 8.76. The van der Waals surface area contributed by atoms with Crippen LogP contribution in [0, 0.1) is 0 Å². The van der Waals surface area contributed by atoms with E-state index in [1.807, 2.05) is 0 Å². The number of aromatic nitrogens is 2. The topological polar surface area (TPSA) is 64.5 Å². The molecule has 1 atom stereocenters. The van der Waals surface area contributed by atoms with Gasteiger partial charge in [0.15, 0.2) is 0 Å². The van der Waals surface area contributed by atoms with Gasteiger partial charge in [-0.05, 0) is 12.8 Å². The van der Waals surface area contributed by atoms with Gasteiger partial charge in [0.25, 0.3) is 5.19 Å². The molecule has 0 saturated carbocycles. The van der Waals surface area contributed by atoms with Gasteiger partial charge >= 0.3 is 0 Å². The summed E-state index contributed by atoms with van der Waals surface area (Å²) in [4.78, 5) is 0. The predicted molar refractivity (Wildman–Crippen MR) is 50.3 cm³/mol. The average molecular weight is 216 g/mol. The number of nitrogens with zero attached hydrogens (tertiary/aromatic N) is 2. The van der Waals surface area contributed by atoms with Crippen molar-refractivity contribution in [2.45, 2.75) is 25.6 Å². The zero-order chi connectivity index (χ0) is 9.80. The van der Waals surface area contributed by atoms with E-state index in [0.29, 0.717) is 16.8 Å². The molecule has 78 valence electrons. The van der Waals surface area contributed by atoms with Crippen molar-refractivity contribution in [2.24, 2.45) is 0 Å². The lowest BCUT2D eigenvalue weighted by molar-refractivity contribution is 0.0676. The molecule has 2 rings (SSSR count). The van der Waals surface area contributed by atoms with Crippen LogP contribution in [-0.4, -0.2) is 34.6 Å². The molecule has 0 aromatic carbocycles. The number of hydrogen-bond acceptors (Lipinski definition) is 6. The van der Waals surface area contributed by atoms with Crippen LogP contribution < -0.4 is 4.74 Å². The molecule has 0 spiro atoms. The van der Waals surface area contributed by atoms with Gasteiger partial charge in [0, 0.05) is 6.61 Å². The van der Waals surface area contributed by atoms with E-state index in [4.69, 9.17) is 14.6 Å². The highest BCUT2D eigenvalue weighted by molar-refractivity contribution is 7.13. The molecule has 1 saturated heterocycles. The standard InChI is InChI=1S/C8H12N2O3S/c11-4-7-9-10-8(14-7)13-5-6-2-1-3-12-6/h6,11H,1-5H2. The van der Waals surface area contributed by atoms with Crippen molar-refractivity contribution < 1.29 is 14.6 Å². The van der Waals surface area contributed by atoms with Crippen LogP contribution in [0.2, 0.25) is 0 Å². The van der Waals surface area contributed by atoms with Crippen LogP contribution in [0.4, 0.5) is 0 Å². The highest BCUT2D eigenvalue weighted by Gasteiger charge is 2.16. The number of ether oxygens (including phenoxy) is 2. The molecule has 0 aliphatic carbocycles. The van der Waals surface area contributed by atoms with Crippen LogP contribution in [0.25, 0.3) is 0 Å². The van der Waals surface area contributed by atoms with Gasteiger partial charge < -0.3 is 14.6 Å². The van der Waals surface area contributed by atoms with Crippen LogP contribution >= 0.6 is 11.3 Å². The Labute approximate surface area is 85.7 Å². The van der Waals surface area contributed by atoms with E-state index < -0.39 is 0 Å². The van der Waals surface area contributed by atoms with E-state index >= 15 is 0 Å². The molecule has 2 heterocycles. The minimum atomic E-state index is -0.0824. The summed E-state index contributed by atoms with van der Waals surface area (Å²) in [5.41, 5.74) is 0. The van der Waals surface area contributed by atoms with Gasteiger partial charge in [-0.2, -0.15) is 0 Å². The first-order valence-electron chi connectivity index (χ1n) is 4.56. The molecule has 1 aromatic rings. The third-order valence-electron chi connectivity index (χ3n) is 2.00. The lowest BCUT2D eigenvalue weighted by atomic mass is 10.2. The quantitative estimate of drug-likeness (QED) is 0.798. The summed E-state index contributed by atoms with van der Waals surface area (Å²) < 4.78 is 10.8. The molecule has 1 fully saturated rings. The van der Waals surface area contributed by atoms with Crippen molar-refractivity contribution in [3.8, 4) is 5.19 Å². The monoisotopic (exact) mass is 216 g/mol. The van der Waals surface area contributed by atoms with Crippen molar-refractivity contribution in [3.05, 3.63) is 5.01 Å². The zero-order valence-corrected chi connectivity index (χ0v) is 8.50. The first-order valence-corrected chi connectivity index (χ1v) is 5.38. The minimum Gasteiger partial charge on any atom is -0.466 e. The molecule has 1 aliphatic heterocycles. The van der Waals surface area contributed by atoms with E-state index in [0.717, 1.165) is 19.4 Å². The summed E-state index contributed by atoms with van der Waals surface area (Å²) in [6.45, 7) is 1.27. The molecule has 1 aliphatic rings. The van der Waals surface area contributed by atoms with E-state index in [2.05, 4.69) is 10.2 Å². The Hall–Kier alpha value is -0.720. The summed E-state index contributed by atoms with van der Waals surface area (Å²) in [7, 11) is 0. The molecule has 1 aromatic heterocycles. The summed E-state index contributed by atoms with van der Waals surface area (Å²) in [6.07, 6.45) is 2.34. The van der Waals surface area contributed by atoms with E-state index in [-0.39, 0.29) is 12.7 Å². The largest absolute Gasteiger partial charge is 0.466 e. The first-order chi connectivity index (χ1) is 6.88. The number of aliphatic hydroxyl groups is 1. The molecule has 0 amide bonds. The molecule has 0 radical (unpaired) electrons. The van der Waals surface area contributed by atoms with Crippen molar-refractivity contribution in [1.82, 2.24) is 10.2 Å². The fourth-order valence-electron chi connectivity index (χ4n) is 1.30. The van der Waals surface area contributed by atoms with Gasteiger partial charge in [-0.25, -0.2) is 0 Å². The second kappa shape index (κ2) is 4.68. The van der Waals surface area contributed by atoms with Crippen molar-refractivity contribution in [3.63, 3.8) is 0 Å². The lowest BCUT2D eigenvalue weighted by Gasteiger charge is -2.07. The fraction of sp³-hybridized carbons (Fsp3) is 0.750. The summed E-state index contributed by atoms with van der Waals surface area (Å²) >= 11 is 1.27. The fourth-order valence-corrected chi connectivity index (χ4v) is 1.86. The first kappa shape index (κ1) is 9.82. The maximum Gasteiger partial charge on any atom is 0.294 e. The normalized spacial score (nSPS) is 21.4. The van der Waals surface area contributed by atoms with Gasteiger partial charge in [0.2, 0.25) is 0 Å². The molecule has 5 nitrogen and oxygen atoms in total. The van der Waals surface area contributed by atoms with Gasteiger partial charge in [0.05, 0.1) is 12.7 Å². The van der Waals surface area contributed by atoms with Crippen molar-refractivity contribution >= 4 is 11.3 Å². The van der Waals surface area contributed by atoms with Gasteiger partial charge in [-0.15, -0.1) is 5.10 Å². The van der Waals surface area contributed by atoms with Crippen LogP contribution in [-0.2, 0) is 11.3 Å². The molecule has 1 N–H and O–H groups in total. The van der Waals surface area contributed by atoms with Crippen molar-refractivity contribution in [2.75, 3.05) is 13.2 Å². The number of hydrogen-bond donors (Lipinski definition) is 1. The number of aliphatic hydroxyl groups excluding tert-OH is 1. The van der Waals surface area contributed by atoms with Crippen LogP contribution in [0.1, 0.15) is 17.8 Å². The lowest BCUT2D eigenvalue weighted by Crippen LogP contribution is -2.16. The Morgan fingerprint density at radius 1 is 1.57 bits per heavy atom. The summed E-state index contributed by atoms with van der Waals surface area (Å²) in [5.74, 6) is 0. The SMILES string of the molecule is OCc1nnc(OCC2CCCO2)s1. The van der Waals surface area contributed by atoms with Gasteiger partial charge in [-0.3, -0.25) is 0 Å². The zero-order valence-electron chi connectivity index (χ0n) is 7.68. The third kappa shape index (κ3) is 2.40. The Bertz CT molecular complexity index is 286. The Morgan fingerprint density at radius 3 is 3.14 bits per heavy atom. The number of rotatable bonds is 4. The highest BCUT2D eigenvalue weighted by atomic mass is 32.1. The molecule has 14 heavy (non-hydrogen) atoms. The van der Waals surface area contributed by atoms with Crippen molar-refractivity contribution in [1.29, 1.82) is 0 Å².